The molecule has 0 saturated carbocycles. The highest BCUT2D eigenvalue weighted by Gasteiger charge is 2.33. The maximum absolute atomic E-state index is 6.43. The number of benzene rings is 3. The van der Waals surface area contributed by atoms with Gasteiger partial charge in [0.2, 0.25) is 0 Å². The monoisotopic (exact) mass is 488 g/mol. The molecule has 3 rings (SSSR count). The zero-order valence-electron chi connectivity index (χ0n) is 21.0. The van der Waals surface area contributed by atoms with E-state index >= 15 is 0 Å². The zero-order valence-corrected chi connectivity index (χ0v) is 21.0. The molecule has 0 spiro atoms. The smallest absolute Gasteiger partial charge is 0.147 e. The van der Waals surface area contributed by atoms with Gasteiger partial charge in [-0.25, -0.2) is 0 Å². The van der Waals surface area contributed by atoms with Gasteiger partial charge in [-0.2, -0.15) is 0 Å². The van der Waals surface area contributed by atoms with Crippen LogP contribution in [0.15, 0.2) is 116 Å². The van der Waals surface area contributed by atoms with Crippen molar-refractivity contribution in [3.63, 3.8) is 0 Å². The van der Waals surface area contributed by atoms with Crippen molar-refractivity contribution in [1.29, 1.82) is 0 Å². The predicted octanol–water partition coefficient (Wildman–Crippen LogP) is 6.11. The Morgan fingerprint density at radius 1 is 0.722 bits per heavy atom. The first-order valence-electron chi connectivity index (χ1n) is 12.0. The summed E-state index contributed by atoms with van der Waals surface area (Å²) in [5.74, 6) is 0. The van der Waals surface area contributed by atoms with Crippen LogP contribution in [0.5, 0.6) is 0 Å². The van der Waals surface area contributed by atoms with Gasteiger partial charge in [0, 0.05) is 7.11 Å². The lowest BCUT2D eigenvalue weighted by atomic mass is 10.0. The summed E-state index contributed by atoms with van der Waals surface area (Å²) in [6.07, 6.45) is 0.199. The SMILES string of the molecule is C=C[C@@H](OCOC)[C@@H](OCc1ccccc1)[C@H](OCc1ccccc1)C(=C)COCc1ccccc1. The van der Waals surface area contributed by atoms with E-state index in [2.05, 4.69) is 13.2 Å². The van der Waals surface area contributed by atoms with Crippen molar-refractivity contribution in [2.75, 3.05) is 20.5 Å². The van der Waals surface area contributed by atoms with E-state index in [1.807, 2.05) is 91.0 Å². The van der Waals surface area contributed by atoms with Gasteiger partial charge < -0.3 is 23.7 Å². The molecule has 3 atom stereocenters. The number of rotatable bonds is 17. The van der Waals surface area contributed by atoms with E-state index in [0.717, 1.165) is 22.3 Å². The molecule has 0 N–H and O–H groups in total. The maximum Gasteiger partial charge on any atom is 0.147 e. The minimum Gasteiger partial charge on any atom is -0.372 e. The molecular formula is C31H36O5. The van der Waals surface area contributed by atoms with E-state index in [9.17, 15) is 0 Å². The standard InChI is InChI=1S/C31H36O5/c1-4-29(36-24-32-3)31(35-23-28-18-12-7-13-19-28)30(34-22-27-16-10-6-11-17-27)25(2)20-33-21-26-14-8-5-9-15-26/h4-19,29-31H,1-2,20-24H2,3H3/t29-,30-,31-/m1/s1. The summed E-state index contributed by atoms with van der Waals surface area (Å²) in [5, 5.41) is 0. The molecule has 0 aliphatic heterocycles. The number of ether oxygens (including phenoxy) is 5. The summed E-state index contributed by atoms with van der Waals surface area (Å²) in [6, 6.07) is 30.0. The fourth-order valence-corrected chi connectivity index (χ4v) is 3.73. The highest BCUT2D eigenvalue weighted by atomic mass is 16.7. The Morgan fingerprint density at radius 2 is 1.22 bits per heavy atom. The summed E-state index contributed by atoms with van der Waals surface area (Å²) in [5.41, 5.74) is 3.95. The van der Waals surface area contributed by atoms with Crippen LogP contribution in [0.25, 0.3) is 0 Å². The first-order valence-corrected chi connectivity index (χ1v) is 12.0. The first kappa shape index (κ1) is 27.5. The normalized spacial score (nSPS) is 13.6. The van der Waals surface area contributed by atoms with Crippen molar-refractivity contribution in [3.05, 3.63) is 132 Å². The Morgan fingerprint density at radius 3 is 1.72 bits per heavy atom. The largest absolute Gasteiger partial charge is 0.372 e. The summed E-state index contributed by atoms with van der Waals surface area (Å²) in [6.45, 7) is 9.96. The quantitative estimate of drug-likeness (QED) is 0.170. The van der Waals surface area contributed by atoms with Gasteiger partial charge >= 0.3 is 0 Å². The van der Waals surface area contributed by atoms with Crippen LogP contribution in [0, 0.1) is 0 Å². The Bertz CT molecular complexity index is 1010. The van der Waals surface area contributed by atoms with E-state index in [1.54, 1.807) is 13.2 Å². The molecule has 0 radical (unpaired) electrons. The van der Waals surface area contributed by atoms with E-state index in [-0.39, 0.29) is 6.79 Å². The number of methoxy groups -OCH3 is 1. The molecular weight excluding hydrogens is 452 g/mol. The molecule has 0 heterocycles. The van der Waals surface area contributed by atoms with Gasteiger partial charge in [-0.1, -0.05) is 104 Å². The Hall–Kier alpha value is -3.06. The molecule has 190 valence electrons. The van der Waals surface area contributed by atoms with Crippen molar-refractivity contribution in [2.45, 2.75) is 38.1 Å². The fourth-order valence-electron chi connectivity index (χ4n) is 3.73. The molecule has 0 unspecified atom stereocenters. The van der Waals surface area contributed by atoms with E-state index in [1.165, 1.54) is 0 Å². The lowest BCUT2D eigenvalue weighted by molar-refractivity contribution is -0.152. The minimum absolute atomic E-state index is 0.101. The van der Waals surface area contributed by atoms with Crippen molar-refractivity contribution in [1.82, 2.24) is 0 Å². The van der Waals surface area contributed by atoms with Crippen LogP contribution in [0.3, 0.4) is 0 Å². The number of hydrogen-bond acceptors (Lipinski definition) is 5. The number of hydrogen-bond donors (Lipinski definition) is 0. The van der Waals surface area contributed by atoms with Crippen molar-refractivity contribution in [2.24, 2.45) is 0 Å². The summed E-state index contributed by atoms with van der Waals surface area (Å²) in [4.78, 5) is 0. The lowest BCUT2D eigenvalue weighted by Gasteiger charge is -2.33. The van der Waals surface area contributed by atoms with Crippen LogP contribution in [0.4, 0.5) is 0 Å². The molecule has 0 bridgehead atoms. The molecule has 5 heteroatoms. The van der Waals surface area contributed by atoms with Crippen LogP contribution in [0.2, 0.25) is 0 Å². The second-order valence-electron chi connectivity index (χ2n) is 8.39. The summed E-state index contributed by atoms with van der Waals surface area (Å²) in [7, 11) is 1.58. The highest BCUT2D eigenvalue weighted by Crippen LogP contribution is 2.23. The van der Waals surface area contributed by atoms with Crippen LogP contribution < -0.4 is 0 Å². The van der Waals surface area contributed by atoms with Gasteiger partial charge in [-0.3, -0.25) is 0 Å². The van der Waals surface area contributed by atoms with Crippen LogP contribution >= 0.6 is 0 Å². The third-order valence-electron chi connectivity index (χ3n) is 5.59. The molecule has 0 aliphatic carbocycles. The van der Waals surface area contributed by atoms with Crippen LogP contribution in [-0.4, -0.2) is 38.8 Å². The van der Waals surface area contributed by atoms with Gasteiger partial charge in [0.15, 0.2) is 0 Å². The Kier molecular flexibility index (Phi) is 12.1. The van der Waals surface area contributed by atoms with Crippen LogP contribution in [0.1, 0.15) is 16.7 Å². The van der Waals surface area contributed by atoms with E-state index in [0.29, 0.717) is 26.4 Å². The Labute approximate surface area is 214 Å². The topological polar surface area (TPSA) is 46.2 Å². The van der Waals surface area contributed by atoms with Crippen LogP contribution in [-0.2, 0) is 43.5 Å². The van der Waals surface area contributed by atoms with Gasteiger partial charge in [0.1, 0.15) is 25.1 Å². The fraction of sp³-hybridized carbons (Fsp3) is 0.290. The van der Waals surface area contributed by atoms with Crippen molar-refractivity contribution >= 4 is 0 Å². The van der Waals surface area contributed by atoms with Gasteiger partial charge in [0.05, 0.1) is 26.4 Å². The van der Waals surface area contributed by atoms with Gasteiger partial charge in [0.25, 0.3) is 0 Å². The molecule has 36 heavy (non-hydrogen) atoms. The third kappa shape index (κ3) is 9.19. The molecule has 0 saturated heterocycles. The van der Waals surface area contributed by atoms with E-state index in [4.69, 9.17) is 23.7 Å². The predicted molar refractivity (Wildman–Crippen MR) is 142 cm³/mol. The molecule has 0 fully saturated rings. The molecule has 0 aromatic heterocycles. The second-order valence-corrected chi connectivity index (χ2v) is 8.39. The summed E-state index contributed by atoms with van der Waals surface area (Å²) < 4.78 is 29.9. The molecule has 5 nitrogen and oxygen atoms in total. The average molecular weight is 489 g/mol. The third-order valence-corrected chi connectivity index (χ3v) is 5.59. The maximum atomic E-state index is 6.43. The highest BCUT2D eigenvalue weighted by molar-refractivity contribution is 5.17. The minimum atomic E-state index is -0.519. The summed E-state index contributed by atoms with van der Waals surface area (Å²) >= 11 is 0. The van der Waals surface area contributed by atoms with Gasteiger partial charge in [-0.05, 0) is 22.3 Å². The molecule has 0 amide bonds. The molecule has 0 aliphatic rings. The molecule has 3 aromatic carbocycles. The zero-order chi connectivity index (χ0) is 25.4. The lowest BCUT2D eigenvalue weighted by Crippen LogP contribution is -2.43. The first-order chi connectivity index (χ1) is 17.7. The Balaban J connectivity index is 1.78. The average Bonchev–Trinajstić information content (AvgIpc) is 2.93. The second kappa shape index (κ2) is 15.8. The van der Waals surface area contributed by atoms with Crippen molar-refractivity contribution < 1.29 is 23.7 Å². The van der Waals surface area contributed by atoms with Crippen molar-refractivity contribution in [3.8, 4) is 0 Å². The molecule has 3 aromatic rings. The van der Waals surface area contributed by atoms with Gasteiger partial charge in [-0.15, -0.1) is 6.58 Å². The van der Waals surface area contributed by atoms with E-state index < -0.39 is 18.3 Å².